The molecule has 0 bridgehead atoms. The molecule has 0 aliphatic carbocycles. The van der Waals surface area contributed by atoms with E-state index in [0.717, 1.165) is 5.39 Å². The number of carbonyl (C=O) groups excluding carboxylic acids is 1. The number of aliphatic carboxylic acids is 2. The van der Waals surface area contributed by atoms with Crippen LogP contribution >= 0.6 is 0 Å². The maximum absolute atomic E-state index is 12.1. The minimum atomic E-state index is -1.32. The predicted molar refractivity (Wildman–Crippen MR) is 110 cm³/mol. The highest BCUT2D eigenvalue weighted by molar-refractivity contribution is 5.85. The molecule has 160 valence electrons. The summed E-state index contributed by atoms with van der Waals surface area (Å²) < 4.78 is 10.7. The summed E-state index contributed by atoms with van der Waals surface area (Å²) in [5.74, 6) is -2.44. The van der Waals surface area contributed by atoms with Crippen LogP contribution in [-0.2, 0) is 14.4 Å². The quantitative estimate of drug-likeness (QED) is 0.474. The molecule has 0 unspecified atom stereocenters. The monoisotopic (exact) mass is 425 g/mol. The number of carbonyl (C=O) groups is 3. The Kier molecular flexibility index (Phi) is 6.66. The van der Waals surface area contributed by atoms with Crippen LogP contribution in [0.25, 0.3) is 22.1 Å². The van der Waals surface area contributed by atoms with Crippen LogP contribution in [0.4, 0.5) is 0 Å². The molecule has 0 aliphatic heterocycles. The number of hydrogen-bond acceptors (Lipinski definition) is 6. The number of benzene rings is 2. The average molecular weight is 425 g/mol. The summed E-state index contributed by atoms with van der Waals surface area (Å²) in [6.07, 6.45) is -0.619. The smallest absolute Gasteiger partial charge is 0.344 e. The molecule has 0 radical (unpaired) electrons. The molecule has 1 amide bonds. The Morgan fingerprint density at radius 2 is 1.74 bits per heavy atom. The summed E-state index contributed by atoms with van der Waals surface area (Å²) in [5, 5.41) is 21.2. The van der Waals surface area contributed by atoms with Gasteiger partial charge in [-0.2, -0.15) is 0 Å². The Morgan fingerprint density at radius 1 is 1.03 bits per heavy atom. The van der Waals surface area contributed by atoms with Gasteiger partial charge in [-0.05, 0) is 48.2 Å². The van der Waals surface area contributed by atoms with Gasteiger partial charge in [0.15, 0.2) is 6.61 Å². The Morgan fingerprint density at radius 3 is 2.42 bits per heavy atom. The molecule has 0 saturated heterocycles. The zero-order valence-electron chi connectivity index (χ0n) is 16.2. The summed E-state index contributed by atoms with van der Waals surface area (Å²) in [6.45, 7) is -0.443. The lowest BCUT2D eigenvalue weighted by atomic mass is 10.1. The summed E-state index contributed by atoms with van der Waals surface area (Å²) in [4.78, 5) is 45.8. The minimum Gasteiger partial charge on any atom is -0.484 e. The molecule has 1 heterocycles. The Hall–Kier alpha value is -4.14. The maximum Gasteiger partial charge on any atom is 0.344 e. The molecular formula is C22H19NO8. The van der Waals surface area contributed by atoms with E-state index < -0.39 is 36.1 Å². The summed E-state index contributed by atoms with van der Waals surface area (Å²) >= 11 is 0. The van der Waals surface area contributed by atoms with Crippen molar-refractivity contribution >= 4 is 28.6 Å². The SMILES string of the molecule is O=C(O)CC[C@@H](NC(=O)COc1ccc(-c2cc3ccccc3c(=O)o2)cc1)C(=O)O. The molecule has 0 spiro atoms. The van der Waals surface area contributed by atoms with Crippen molar-refractivity contribution in [3.63, 3.8) is 0 Å². The van der Waals surface area contributed by atoms with E-state index in [1.807, 2.05) is 12.1 Å². The van der Waals surface area contributed by atoms with Crippen molar-refractivity contribution in [1.82, 2.24) is 5.32 Å². The van der Waals surface area contributed by atoms with E-state index in [4.69, 9.17) is 19.4 Å². The fourth-order valence-electron chi connectivity index (χ4n) is 2.90. The standard InChI is InChI=1S/C22H19NO8/c24-19(23-17(21(27)28)9-10-20(25)26)12-30-15-7-5-13(6-8-15)18-11-14-3-1-2-4-16(14)22(29)31-18/h1-8,11,17H,9-10,12H2,(H,23,24)(H,25,26)(H,27,28)/t17-/m1/s1. The number of ether oxygens (including phenoxy) is 1. The number of amides is 1. The van der Waals surface area contributed by atoms with Crippen molar-refractivity contribution in [1.29, 1.82) is 0 Å². The molecule has 3 rings (SSSR count). The lowest BCUT2D eigenvalue weighted by Crippen LogP contribution is -2.43. The van der Waals surface area contributed by atoms with Gasteiger partial charge in [0.2, 0.25) is 0 Å². The third-order valence-electron chi connectivity index (χ3n) is 4.46. The highest BCUT2D eigenvalue weighted by Crippen LogP contribution is 2.24. The molecule has 31 heavy (non-hydrogen) atoms. The Labute approximate surface area is 175 Å². The first-order chi connectivity index (χ1) is 14.8. The fraction of sp³-hybridized carbons (Fsp3) is 0.182. The second-order valence-electron chi connectivity index (χ2n) is 6.69. The van der Waals surface area contributed by atoms with Crippen molar-refractivity contribution in [2.75, 3.05) is 6.61 Å². The maximum atomic E-state index is 12.1. The van der Waals surface area contributed by atoms with E-state index in [9.17, 15) is 19.2 Å². The van der Waals surface area contributed by atoms with E-state index in [2.05, 4.69) is 5.32 Å². The van der Waals surface area contributed by atoms with Crippen molar-refractivity contribution in [3.8, 4) is 17.1 Å². The summed E-state index contributed by atoms with van der Waals surface area (Å²) in [5.41, 5.74) is 0.195. The molecular weight excluding hydrogens is 406 g/mol. The van der Waals surface area contributed by atoms with Gasteiger partial charge in [0.05, 0.1) is 5.39 Å². The molecule has 0 saturated carbocycles. The first-order valence-electron chi connectivity index (χ1n) is 9.33. The van der Waals surface area contributed by atoms with Gasteiger partial charge in [-0.15, -0.1) is 0 Å². The van der Waals surface area contributed by atoms with Crippen LogP contribution in [0.2, 0.25) is 0 Å². The van der Waals surface area contributed by atoms with Gasteiger partial charge < -0.3 is 24.7 Å². The van der Waals surface area contributed by atoms with Gasteiger partial charge in [0.25, 0.3) is 5.91 Å². The molecule has 0 aliphatic rings. The minimum absolute atomic E-state index is 0.234. The largest absolute Gasteiger partial charge is 0.484 e. The van der Waals surface area contributed by atoms with Crippen molar-refractivity contribution in [2.45, 2.75) is 18.9 Å². The lowest BCUT2D eigenvalue weighted by Gasteiger charge is -2.14. The van der Waals surface area contributed by atoms with Crippen LogP contribution in [0.15, 0.2) is 63.8 Å². The summed E-state index contributed by atoms with van der Waals surface area (Å²) in [6, 6.07) is 14.0. The van der Waals surface area contributed by atoms with Gasteiger partial charge in [0.1, 0.15) is 17.6 Å². The van der Waals surface area contributed by atoms with Crippen LogP contribution in [0, 0.1) is 0 Å². The molecule has 3 aromatic rings. The van der Waals surface area contributed by atoms with Gasteiger partial charge in [-0.25, -0.2) is 9.59 Å². The lowest BCUT2D eigenvalue weighted by molar-refractivity contribution is -0.143. The number of carboxylic acid groups (broad SMARTS) is 2. The van der Waals surface area contributed by atoms with Crippen LogP contribution < -0.4 is 15.7 Å². The second kappa shape index (κ2) is 9.57. The van der Waals surface area contributed by atoms with Gasteiger partial charge in [-0.1, -0.05) is 18.2 Å². The topological polar surface area (TPSA) is 143 Å². The number of carboxylic acids is 2. The first-order valence-corrected chi connectivity index (χ1v) is 9.33. The third kappa shape index (κ3) is 5.69. The number of nitrogens with one attached hydrogen (secondary N) is 1. The average Bonchev–Trinajstić information content (AvgIpc) is 2.75. The number of fused-ring (bicyclic) bond motifs is 1. The van der Waals surface area contributed by atoms with Gasteiger partial charge in [-0.3, -0.25) is 9.59 Å². The fourth-order valence-corrected chi connectivity index (χ4v) is 2.90. The Balaban J connectivity index is 1.62. The van der Waals surface area contributed by atoms with Crippen molar-refractivity contribution < 1.29 is 33.8 Å². The molecule has 2 aromatic carbocycles. The van der Waals surface area contributed by atoms with Crippen LogP contribution in [0.5, 0.6) is 5.75 Å². The van der Waals surface area contributed by atoms with Crippen LogP contribution in [-0.4, -0.2) is 40.7 Å². The van der Waals surface area contributed by atoms with Crippen molar-refractivity contribution in [2.24, 2.45) is 0 Å². The van der Waals surface area contributed by atoms with Crippen molar-refractivity contribution in [3.05, 3.63) is 65.0 Å². The zero-order valence-corrected chi connectivity index (χ0v) is 16.2. The van der Waals surface area contributed by atoms with Gasteiger partial charge >= 0.3 is 17.6 Å². The molecule has 1 atom stereocenters. The zero-order chi connectivity index (χ0) is 22.4. The highest BCUT2D eigenvalue weighted by Gasteiger charge is 2.21. The second-order valence-corrected chi connectivity index (χ2v) is 6.69. The first kappa shape index (κ1) is 21.6. The number of hydrogen-bond donors (Lipinski definition) is 3. The van der Waals surface area contributed by atoms with Crippen LogP contribution in [0.3, 0.4) is 0 Å². The normalized spacial score (nSPS) is 11.6. The Bertz CT molecular complexity index is 1170. The molecule has 3 N–H and O–H groups in total. The van der Waals surface area contributed by atoms with E-state index in [-0.39, 0.29) is 12.8 Å². The van der Waals surface area contributed by atoms with E-state index in [1.54, 1.807) is 42.5 Å². The molecule has 9 nitrogen and oxygen atoms in total. The number of rotatable bonds is 9. The molecule has 9 heteroatoms. The highest BCUT2D eigenvalue weighted by atomic mass is 16.5. The summed E-state index contributed by atoms with van der Waals surface area (Å²) in [7, 11) is 0. The van der Waals surface area contributed by atoms with E-state index in [1.165, 1.54) is 0 Å². The van der Waals surface area contributed by atoms with Crippen LogP contribution in [0.1, 0.15) is 12.8 Å². The van der Waals surface area contributed by atoms with Gasteiger partial charge in [0, 0.05) is 12.0 Å². The van der Waals surface area contributed by atoms with E-state index in [0.29, 0.717) is 22.5 Å². The van der Waals surface area contributed by atoms with E-state index >= 15 is 0 Å². The third-order valence-corrected chi connectivity index (χ3v) is 4.46. The molecule has 1 aromatic heterocycles. The predicted octanol–water partition coefficient (Wildman–Crippen LogP) is 2.27. The molecule has 0 fully saturated rings.